The molecule has 0 bridgehead atoms. The normalized spacial score (nSPS) is 33.8. The minimum absolute atomic E-state index is 0.128. The predicted octanol–water partition coefficient (Wildman–Crippen LogP) is 4.31. The SMILES string of the molecule is CC1(C)OC[C@H]([C@@H]2Nc3ccccc3[C@@H](Nc3ccccc3)[C@]23COC(C)(C)O3)O1. The molecule has 2 N–H and O–H groups in total. The molecule has 2 saturated heterocycles. The second-order valence-corrected chi connectivity index (χ2v) is 9.27. The summed E-state index contributed by atoms with van der Waals surface area (Å²) in [5.74, 6) is -1.32. The zero-order chi connectivity index (χ0) is 21.0. The Morgan fingerprint density at radius 3 is 2.30 bits per heavy atom. The lowest BCUT2D eigenvalue weighted by Crippen LogP contribution is -2.63. The Hall–Kier alpha value is -2.12. The molecule has 0 amide bonds. The van der Waals surface area contributed by atoms with Crippen molar-refractivity contribution in [3.8, 4) is 0 Å². The first kappa shape index (κ1) is 19.8. The molecule has 30 heavy (non-hydrogen) atoms. The zero-order valence-corrected chi connectivity index (χ0v) is 18.0. The predicted molar refractivity (Wildman–Crippen MR) is 115 cm³/mol. The molecule has 2 fully saturated rings. The molecule has 5 rings (SSSR count). The van der Waals surface area contributed by atoms with Crippen molar-refractivity contribution in [1.29, 1.82) is 0 Å². The fraction of sp³-hybridized carbons (Fsp3) is 0.500. The van der Waals surface area contributed by atoms with Crippen LogP contribution in [0, 0.1) is 0 Å². The first-order chi connectivity index (χ1) is 14.3. The van der Waals surface area contributed by atoms with E-state index in [1.807, 2.05) is 52.0 Å². The van der Waals surface area contributed by atoms with E-state index < -0.39 is 17.2 Å². The second-order valence-electron chi connectivity index (χ2n) is 9.27. The lowest BCUT2D eigenvalue weighted by molar-refractivity contribution is -0.183. The van der Waals surface area contributed by atoms with Crippen LogP contribution in [-0.2, 0) is 18.9 Å². The van der Waals surface area contributed by atoms with E-state index in [0.29, 0.717) is 13.2 Å². The Bertz CT molecular complexity index is 916. The van der Waals surface area contributed by atoms with Gasteiger partial charge in [-0.05, 0) is 45.9 Å². The van der Waals surface area contributed by atoms with Crippen LogP contribution in [0.4, 0.5) is 11.4 Å². The Labute approximate surface area is 177 Å². The Kier molecular flexibility index (Phi) is 4.59. The number of fused-ring (bicyclic) bond motifs is 1. The lowest BCUT2D eigenvalue weighted by Gasteiger charge is -2.49. The highest BCUT2D eigenvalue weighted by Gasteiger charge is 2.62. The standard InChI is InChI=1S/C24H30N2O4/c1-22(2)27-14-19(29-22)21-24(15-28-23(3,4)30-24)20(25-16-10-6-5-7-11-16)17-12-8-9-13-18(17)26-21/h5-13,19-21,25-26H,14-15H2,1-4H3/t19-,20-,21+,24-/m1/s1. The van der Waals surface area contributed by atoms with Crippen LogP contribution in [0.5, 0.6) is 0 Å². The van der Waals surface area contributed by atoms with Gasteiger partial charge >= 0.3 is 0 Å². The summed E-state index contributed by atoms with van der Waals surface area (Å²) in [6, 6.07) is 18.3. The van der Waals surface area contributed by atoms with Crippen molar-refractivity contribution in [2.24, 2.45) is 0 Å². The molecule has 0 aliphatic carbocycles. The quantitative estimate of drug-likeness (QED) is 0.786. The first-order valence-corrected chi connectivity index (χ1v) is 10.6. The molecule has 1 spiro atoms. The lowest BCUT2D eigenvalue weighted by atomic mass is 9.76. The van der Waals surface area contributed by atoms with Crippen LogP contribution in [0.15, 0.2) is 54.6 Å². The van der Waals surface area contributed by atoms with Crippen molar-refractivity contribution in [2.45, 2.75) is 63.1 Å². The highest BCUT2D eigenvalue weighted by atomic mass is 16.8. The van der Waals surface area contributed by atoms with E-state index in [2.05, 4.69) is 41.0 Å². The molecule has 2 aromatic rings. The summed E-state index contributed by atoms with van der Waals surface area (Å²) in [5.41, 5.74) is 2.58. The average Bonchev–Trinajstić information content (AvgIpc) is 3.24. The summed E-state index contributed by atoms with van der Waals surface area (Å²) in [5, 5.41) is 7.45. The summed E-state index contributed by atoms with van der Waals surface area (Å²) in [4.78, 5) is 0. The van der Waals surface area contributed by atoms with Gasteiger partial charge in [0.05, 0.1) is 25.3 Å². The number of ether oxygens (including phenoxy) is 4. The van der Waals surface area contributed by atoms with Gasteiger partial charge in [0.15, 0.2) is 11.6 Å². The molecule has 6 heteroatoms. The third-order valence-corrected chi connectivity index (χ3v) is 6.17. The van der Waals surface area contributed by atoms with Crippen LogP contribution in [0.1, 0.15) is 39.3 Å². The maximum atomic E-state index is 6.73. The number of rotatable bonds is 3. The van der Waals surface area contributed by atoms with Crippen molar-refractivity contribution >= 4 is 11.4 Å². The highest BCUT2D eigenvalue weighted by molar-refractivity contribution is 5.61. The molecule has 160 valence electrons. The summed E-state index contributed by atoms with van der Waals surface area (Å²) in [6.07, 6.45) is -0.175. The number of hydrogen-bond donors (Lipinski definition) is 2. The van der Waals surface area contributed by atoms with Crippen molar-refractivity contribution < 1.29 is 18.9 Å². The molecular weight excluding hydrogens is 380 g/mol. The smallest absolute Gasteiger partial charge is 0.163 e. The average molecular weight is 411 g/mol. The molecule has 4 atom stereocenters. The van der Waals surface area contributed by atoms with E-state index in [-0.39, 0.29) is 18.2 Å². The Morgan fingerprint density at radius 2 is 1.63 bits per heavy atom. The van der Waals surface area contributed by atoms with E-state index in [0.717, 1.165) is 16.9 Å². The number of benzene rings is 2. The molecule has 0 saturated carbocycles. The van der Waals surface area contributed by atoms with Crippen molar-refractivity contribution in [3.05, 3.63) is 60.2 Å². The minimum atomic E-state index is -0.697. The van der Waals surface area contributed by atoms with Crippen LogP contribution in [0.3, 0.4) is 0 Å². The molecule has 6 nitrogen and oxygen atoms in total. The molecule has 0 radical (unpaired) electrons. The maximum absolute atomic E-state index is 6.73. The van der Waals surface area contributed by atoms with Gasteiger partial charge in [0.25, 0.3) is 0 Å². The second kappa shape index (κ2) is 6.95. The van der Waals surface area contributed by atoms with Gasteiger partial charge in [-0.3, -0.25) is 0 Å². The van der Waals surface area contributed by atoms with Crippen LogP contribution in [0.25, 0.3) is 0 Å². The van der Waals surface area contributed by atoms with Gasteiger partial charge in [-0.25, -0.2) is 0 Å². The van der Waals surface area contributed by atoms with E-state index in [4.69, 9.17) is 18.9 Å². The molecule has 3 aliphatic rings. The Balaban J connectivity index is 1.61. The van der Waals surface area contributed by atoms with Crippen LogP contribution >= 0.6 is 0 Å². The van der Waals surface area contributed by atoms with Crippen molar-refractivity contribution in [2.75, 3.05) is 23.8 Å². The third-order valence-electron chi connectivity index (χ3n) is 6.17. The van der Waals surface area contributed by atoms with E-state index in [1.165, 1.54) is 0 Å². The van der Waals surface area contributed by atoms with Gasteiger partial charge in [-0.15, -0.1) is 0 Å². The van der Waals surface area contributed by atoms with Crippen molar-refractivity contribution in [1.82, 2.24) is 0 Å². The molecule has 2 aromatic carbocycles. The van der Waals surface area contributed by atoms with Crippen LogP contribution in [0.2, 0.25) is 0 Å². The van der Waals surface area contributed by atoms with Gasteiger partial charge in [0.2, 0.25) is 0 Å². The topological polar surface area (TPSA) is 61.0 Å². The monoisotopic (exact) mass is 410 g/mol. The van der Waals surface area contributed by atoms with E-state index in [9.17, 15) is 0 Å². The molecular formula is C24H30N2O4. The fourth-order valence-electron chi connectivity index (χ4n) is 4.90. The summed E-state index contributed by atoms with van der Waals surface area (Å²) in [6.45, 7) is 8.77. The third kappa shape index (κ3) is 3.38. The van der Waals surface area contributed by atoms with Gasteiger partial charge in [-0.2, -0.15) is 0 Å². The van der Waals surface area contributed by atoms with Gasteiger partial charge in [-0.1, -0.05) is 36.4 Å². The highest BCUT2D eigenvalue weighted by Crippen LogP contribution is 2.51. The molecule has 0 unspecified atom stereocenters. The summed E-state index contributed by atoms with van der Waals surface area (Å²) in [7, 11) is 0. The largest absolute Gasteiger partial charge is 0.376 e. The summed E-state index contributed by atoms with van der Waals surface area (Å²) >= 11 is 0. The number of nitrogens with one attached hydrogen (secondary N) is 2. The molecule has 3 heterocycles. The minimum Gasteiger partial charge on any atom is -0.376 e. The van der Waals surface area contributed by atoms with Crippen LogP contribution in [-0.4, -0.2) is 42.5 Å². The fourth-order valence-corrected chi connectivity index (χ4v) is 4.90. The first-order valence-electron chi connectivity index (χ1n) is 10.6. The van der Waals surface area contributed by atoms with E-state index >= 15 is 0 Å². The van der Waals surface area contributed by atoms with Gasteiger partial charge < -0.3 is 29.6 Å². The van der Waals surface area contributed by atoms with Crippen molar-refractivity contribution in [3.63, 3.8) is 0 Å². The number of anilines is 2. The summed E-state index contributed by atoms with van der Waals surface area (Å²) < 4.78 is 25.1. The van der Waals surface area contributed by atoms with Crippen LogP contribution < -0.4 is 10.6 Å². The molecule has 0 aromatic heterocycles. The zero-order valence-electron chi connectivity index (χ0n) is 18.0. The van der Waals surface area contributed by atoms with E-state index in [1.54, 1.807) is 0 Å². The maximum Gasteiger partial charge on any atom is 0.163 e. The van der Waals surface area contributed by atoms with Gasteiger partial charge in [0, 0.05) is 16.9 Å². The van der Waals surface area contributed by atoms with Gasteiger partial charge in [0.1, 0.15) is 11.7 Å². The Morgan fingerprint density at radius 1 is 0.900 bits per heavy atom. The number of para-hydroxylation sites is 2. The molecule has 3 aliphatic heterocycles. The number of hydrogen-bond acceptors (Lipinski definition) is 6.